The topological polar surface area (TPSA) is 67.8 Å². The summed E-state index contributed by atoms with van der Waals surface area (Å²) in [5.74, 6) is 2.30. The smallest absolute Gasteiger partial charge is 0.277 e. The molecule has 27 heavy (non-hydrogen) atoms. The number of anilines is 1. The molecule has 2 aromatic rings. The molecular weight excluding hydrogens is 400 g/mol. The third-order valence-corrected chi connectivity index (χ3v) is 8.02. The normalized spacial score (nSPS) is 31.3. The van der Waals surface area contributed by atoms with Crippen molar-refractivity contribution >= 4 is 45.7 Å². The molecule has 5 nitrogen and oxygen atoms in total. The average Bonchev–Trinajstić information content (AvgIpc) is 3.10. The third-order valence-electron chi connectivity index (χ3n) is 6.43. The van der Waals surface area contributed by atoms with E-state index in [1.165, 1.54) is 73.5 Å². The van der Waals surface area contributed by atoms with Crippen LogP contribution >= 0.6 is 34.7 Å². The van der Waals surface area contributed by atoms with Gasteiger partial charge in [-0.05, 0) is 62.5 Å². The third kappa shape index (κ3) is 3.17. The molecule has 4 saturated carbocycles. The first-order valence-corrected chi connectivity index (χ1v) is 11.9. The highest BCUT2D eigenvalue weighted by atomic mass is 35.5. The number of thioether (sulfide) groups is 1. The second-order valence-electron chi connectivity index (χ2n) is 8.24. The fraction of sp³-hybridized carbons (Fsp3) is 0.579. The summed E-state index contributed by atoms with van der Waals surface area (Å²) in [6, 6.07) is 0. The van der Waals surface area contributed by atoms with Gasteiger partial charge in [0.15, 0.2) is 16.0 Å². The molecule has 0 radical (unpaired) electrons. The molecule has 8 heteroatoms. The van der Waals surface area contributed by atoms with Crippen molar-refractivity contribution in [3.8, 4) is 0 Å². The first kappa shape index (κ1) is 17.9. The van der Waals surface area contributed by atoms with Gasteiger partial charge in [-0.1, -0.05) is 23.4 Å². The van der Waals surface area contributed by atoms with Crippen LogP contribution in [0.3, 0.4) is 0 Å². The molecule has 0 unspecified atom stereocenters. The maximum absolute atomic E-state index is 12.6. The lowest BCUT2D eigenvalue weighted by atomic mass is 9.49. The zero-order chi connectivity index (χ0) is 18.6. The Morgan fingerprint density at radius 1 is 1.22 bits per heavy atom. The molecule has 0 aromatic carbocycles. The van der Waals surface area contributed by atoms with E-state index in [1.54, 1.807) is 0 Å². The van der Waals surface area contributed by atoms with Gasteiger partial charge < -0.3 is 0 Å². The van der Waals surface area contributed by atoms with Crippen LogP contribution in [-0.4, -0.2) is 27.1 Å². The van der Waals surface area contributed by atoms with E-state index >= 15 is 0 Å². The first-order valence-electron chi connectivity index (χ1n) is 9.38. The lowest BCUT2D eigenvalue weighted by Crippen LogP contribution is -2.48. The Morgan fingerprint density at radius 2 is 1.89 bits per heavy atom. The van der Waals surface area contributed by atoms with Crippen LogP contribution in [-0.2, 0) is 5.41 Å². The molecule has 142 valence electrons. The minimum atomic E-state index is -0.330. The van der Waals surface area contributed by atoms with Gasteiger partial charge >= 0.3 is 0 Å². The van der Waals surface area contributed by atoms with Crippen LogP contribution in [0.25, 0.3) is 0 Å². The fourth-order valence-electron chi connectivity index (χ4n) is 5.76. The highest BCUT2D eigenvalue weighted by Gasteiger charge is 2.52. The van der Waals surface area contributed by atoms with Crippen LogP contribution < -0.4 is 5.32 Å². The number of hydrogen-bond donors (Lipinski definition) is 1. The van der Waals surface area contributed by atoms with Crippen molar-refractivity contribution < 1.29 is 4.79 Å². The molecule has 0 spiro atoms. The second kappa shape index (κ2) is 6.71. The molecule has 0 aliphatic heterocycles. The summed E-state index contributed by atoms with van der Waals surface area (Å²) >= 11 is 9.00. The number of halogens is 1. The largest absolute Gasteiger partial charge is 0.296 e. The van der Waals surface area contributed by atoms with Crippen molar-refractivity contribution in [2.45, 2.75) is 49.1 Å². The summed E-state index contributed by atoms with van der Waals surface area (Å²) < 4.78 is 0. The summed E-state index contributed by atoms with van der Waals surface area (Å²) in [6.07, 6.45) is 11.4. The van der Waals surface area contributed by atoms with Crippen molar-refractivity contribution in [3.05, 3.63) is 28.0 Å². The highest BCUT2D eigenvalue weighted by Crippen LogP contribution is 2.60. The molecule has 4 bridgehead atoms. The van der Waals surface area contributed by atoms with Gasteiger partial charge in [0.1, 0.15) is 0 Å². The number of hydrogen-bond acceptors (Lipinski definition) is 6. The summed E-state index contributed by atoms with van der Waals surface area (Å²) in [5.41, 5.74) is 1.62. The predicted octanol–water partition coefficient (Wildman–Crippen LogP) is 5.03. The molecule has 4 aliphatic rings. The van der Waals surface area contributed by atoms with Gasteiger partial charge in [0.2, 0.25) is 0 Å². The van der Waals surface area contributed by atoms with E-state index in [0.717, 1.165) is 17.8 Å². The van der Waals surface area contributed by atoms with E-state index in [2.05, 4.69) is 20.7 Å². The van der Waals surface area contributed by atoms with Gasteiger partial charge in [0.05, 0.1) is 16.9 Å². The minimum Gasteiger partial charge on any atom is -0.296 e. The molecule has 2 heterocycles. The molecule has 0 saturated heterocycles. The maximum atomic E-state index is 12.6. The Balaban J connectivity index is 1.37. The summed E-state index contributed by atoms with van der Waals surface area (Å²) in [5, 5.41) is 6.45. The number of rotatable bonds is 4. The van der Waals surface area contributed by atoms with Crippen LogP contribution in [0.1, 0.15) is 54.7 Å². The quantitative estimate of drug-likeness (QED) is 0.555. The highest BCUT2D eigenvalue weighted by molar-refractivity contribution is 7.98. The molecule has 4 fully saturated rings. The van der Waals surface area contributed by atoms with Gasteiger partial charge in [-0.25, -0.2) is 15.0 Å². The number of amides is 1. The van der Waals surface area contributed by atoms with Crippen molar-refractivity contribution in [2.75, 3.05) is 11.6 Å². The van der Waals surface area contributed by atoms with Crippen LogP contribution in [0, 0.1) is 17.8 Å². The molecule has 1 N–H and O–H groups in total. The van der Waals surface area contributed by atoms with Gasteiger partial charge in [-0.2, -0.15) is 0 Å². The van der Waals surface area contributed by atoms with Gasteiger partial charge in [0, 0.05) is 10.8 Å². The van der Waals surface area contributed by atoms with E-state index in [4.69, 9.17) is 16.6 Å². The Bertz CT molecular complexity index is 864. The minimum absolute atomic E-state index is 0.197. The van der Waals surface area contributed by atoms with Gasteiger partial charge in [-0.3, -0.25) is 10.1 Å². The number of carbonyl (C=O) groups is 1. The van der Waals surface area contributed by atoms with Crippen molar-refractivity contribution in [3.63, 3.8) is 0 Å². The molecule has 4 aliphatic carbocycles. The summed E-state index contributed by atoms with van der Waals surface area (Å²) in [4.78, 5) is 25.8. The predicted molar refractivity (Wildman–Crippen MR) is 109 cm³/mol. The maximum Gasteiger partial charge on any atom is 0.277 e. The van der Waals surface area contributed by atoms with E-state index in [9.17, 15) is 4.79 Å². The number of aromatic nitrogens is 3. The van der Waals surface area contributed by atoms with Crippen LogP contribution in [0.5, 0.6) is 0 Å². The van der Waals surface area contributed by atoms with E-state index in [0.29, 0.717) is 10.3 Å². The van der Waals surface area contributed by atoms with Crippen molar-refractivity contribution in [1.82, 2.24) is 15.0 Å². The first-order chi connectivity index (χ1) is 13.0. The van der Waals surface area contributed by atoms with Crippen LogP contribution in [0.4, 0.5) is 5.13 Å². The van der Waals surface area contributed by atoms with Gasteiger partial charge in [0.25, 0.3) is 5.91 Å². The molecule has 6 rings (SSSR count). The van der Waals surface area contributed by atoms with Crippen molar-refractivity contribution in [2.24, 2.45) is 17.8 Å². The van der Waals surface area contributed by atoms with Gasteiger partial charge in [-0.15, -0.1) is 11.3 Å². The van der Waals surface area contributed by atoms with E-state index in [-0.39, 0.29) is 22.0 Å². The number of carbonyl (C=O) groups excluding carboxylic acids is 1. The Kier molecular flexibility index (Phi) is 4.44. The zero-order valence-electron chi connectivity index (χ0n) is 15.1. The molecule has 1 amide bonds. The summed E-state index contributed by atoms with van der Waals surface area (Å²) in [7, 11) is 0. The average molecular weight is 421 g/mol. The number of thiazole rings is 1. The van der Waals surface area contributed by atoms with Crippen molar-refractivity contribution in [1.29, 1.82) is 0 Å². The Labute approximate surface area is 171 Å². The molecule has 0 atom stereocenters. The monoisotopic (exact) mass is 420 g/mol. The lowest BCUT2D eigenvalue weighted by Gasteiger charge is -2.56. The summed E-state index contributed by atoms with van der Waals surface area (Å²) in [6.45, 7) is 0. The Morgan fingerprint density at radius 3 is 2.52 bits per heavy atom. The fourth-order valence-corrected chi connectivity index (χ4v) is 7.11. The second-order valence-corrected chi connectivity index (χ2v) is 10.3. The Hall–Kier alpha value is -1.18. The number of nitrogens with zero attached hydrogens (tertiary/aromatic N) is 3. The SMILES string of the molecule is CSc1ncc(Cl)c(C(=O)Nc2nc(C34CC5CC(CC(C5)C3)C4)cs2)n1. The van der Waals surface area contributed by atoms with Crippen LogP contribution in [0.15, 0.2) is 16.7 Å². The zero-order valence-corrected chi connectivity index (χ0v) is 17.5. The molecule has 2 aromatic heterocycles. The number of nitrogens with one attached hydrogen (secondary N) is 1. The van der Waals surface area contributed by atoms with Crippen LogP contribution in [0.2, 0.25) is 5.02 Å². The van der Waals surface area contributed by atoms with E-state index in [1.807, 2.05) is 6.26 Å². The van der Waals surface area contributed by atoms with E-state index < -0.39 is 0 Å². The lowest BCUT2D eigenvalue weighted by molar-refractivity contribution is -0.00688. The molecular formula is C19H21ClN4OS2. The standard InChI is InChI=1S/C19H21ClN4OS2/c1-26-17-21-8-13(20)15(23-17)16(25)24-18-22-14(9-27-18)19-5-10-2-11(6-19)4-12(3-10)7-19/h8-12H,2-7H2,1H3,(H,22,24,25).